The maximum absolute atomic E-state index is 13.1. The van der Waals surface area contributed by atoms with Crippen LogP contribution >= 0.6 is 15.9 Å². The lowest BCUT2D eigenvalue weighted by Gasteiger charge is -2.35. The molecule has 0 aromatic heterocycles. The number of rotatable bonds is 4. The zero-order valence-electron chi connectivity index (χ0n) is 14.0. The lowest BCUT2D eigenvalue weighted by Crippen LogP contribution is -2.44. The Hall–Kier alpha value is -0.590. The predicted molar refractivity (Wildman–Crippen MR) is 89.0 cm³/mol. The van der Waals surface area contributed by atoms with Gasteiger partial charge < -0.3 is 9.47 Å². The van der Waals surface area contributed by atoms with Crippen molar-refractivity contribution in [2.24, 2.45) is 5.92 Å². The Kier molecular flexibility index (Phi) is 4.54. The molecule has 2 heterocycles. The molecule has 1 aromatic carbocycles. The highest BCUT2D eigenvalue weighted by molar-refractivity contribution is 9.09. The molecule has 2 bridgehead atoms. The van der Waals surface area contributed by atoms with Crippen molar-refractivity contribution in [1.29, 1.82) is 0 Å². The van der Waals surface area contributed by atoms with Crippen LogP contribution in [-0.2, 0) is 22.3 Å². The number of hydrogen-bond donors (Lipinski definition) is 0. The van der Waals surface area contributed by atoms with Crippen LogP contribution in [0.1, 0.15) is 44.7 Å². The largest absolute Gasteiger partial charge is 0.416 e. The second-order valence-electron chi connectivity index (χ2n) is 7.35. The van der Waals surface area contributed by atoms with Gasteiger partial charge in [-0.05, 0) is 30.9 Å². The molecule has 0 unspecified atom stereocenters. The number of hydrogen-bond acceptors (Lipinski definition) is 2. The molecule has 2 fully saturated rings. The molecule has 0 N–H and O–H groups in total. The number of fused-ring (bicyclic) bond motifs is 2. The van der Waals surface area contributed by atoms with E-state index in [4.69, 9.17) is 9.47 Å². The Morgan fingerprint density at radius 3 is 2.54 bits per heavy atom. The summed E-state index contributed by atoms with van der Waals surface area (Å²) in [5.74, 6) is 0.305. The first kappa shape index (κ1) is 18.2. The lowest BCUT2D eigenvalue weighted by molar-refractivity contribution is -0.139. The smallest absolute Gasteiger partial charge is 0.370 e. The Labute approximate surface area is 148 Å². The van der Waals surface area contributed by atoms with Crippen LogP contribution < -0.4 is 0 Å². The molecule has 2 nitrogen and oxygen atoms in total. The Morgan fingerprint density at radius 2 is 1.96 bits per heavy atom. The molecule has 0 saturated carbocycles. The minimum Gasteiger partial charge on any atom is -0.370 e. The van der Waals surface area contributed by atoms with E-state index in [1.54, 1.807) is 6.07 Å². The fourth-order valence-electron chi connectivity index (χ4n) is 4.00. The van der Waals surface area contributed by atoms with Crippen LogP contribution in [0.5, 0.6) is 0 Å². The minimum atomic E-state index is -4.37. The molecule has 0 amide bonds. The van der Waals surface area contributed by atoms with Crippen LogP contribution in [0.4, 0.5) is 13.2 Å². The van der Waals surface area contributed by atoms with E-state index in [1.165, 1.54) is 12.1 Å². The van der Waals surface area contributed by atoms with E-state index >= 15 is 0 Å². The van der Waals surface area contributed by atoms with Gasteiger partial charge in [-0.1, -0.05) is 48.0 Å². The summed E-state index contributed by atoms with van der Waals surface area (Å²) < 4.78 is 51.6. The Bertz CT molecular complexity index is 619. The van der Waals surface area contributed by atoms with Crippen LogP contribution in [0.3, 0.4) is 0 Å². The molecule has 2 aliphatic rings. The number of alkyl halides is 4. The molecule has 2 aliphatic heterocycles. The van der Waals surface area contributed by atoms with E-state index in [1.807, 2.05) is 6.92 Å². The lowest BCUT2D eigenvalue weighted by atomic mass is 9.75. The molecule has 3 rings (SSSR count). The molecule has 6 heteroatoms. The van der Waals surface area contributed by atoms with Gasteiger partial charge in [-0.2, -0.15) is 13.2 Å². The monoisotopic (exact) mass is 406 g/mol. The fourth-order valence-corrected chi connectivity index (χ4v) is 5.46. The van der Waals surface area contributed by atoms with Crippen molar-refractivity contribution >= 4 is 15.9 Å². The summed E-state index contributed by atoms with van der Waals surface area (Å²) in [6.07, 6.45) is -3.06. The molecular formula is C18H22BrF3O2. The van der Waals surface area contributed by atoms with Gasteiger partial charge in [0.15, 0.2) is 0 Å². The summed E-state index contributed by atoms with van der Waals surface area (Å²) >= 11 is 3.72. The molecule has 1 aromatic rings. The highest BCUT2D eigenvalue weighted by Gasteiger charge is 2.65. The van der Waals surface area contributed by atoms with Crippen molar-refractivity contribution in [3.8, 4) is 0 Å². The predicted octanol–water partition coefficient (Wildman–Crippen LogP) is 5.33. The maximum atomic E-state index is 13.1. The quantitative estimate of drug-likeness (QED) is 0.628. The first-order chi connectivity index (χ1) is 11.1. The summed E-state index contributed by atoms with van der Waals surface area (Å²) in [6, 6.07) is 5.58. The van der Waals surface area contributed by atoms with Crippen LogP contribution in [0, 0.1) is 5.92 Å². The third kappa shape index (κ3) is 2.90. The molecule has 2 saturated heterocycles. The topological polar surface area (TPSA) is 18.5 Å². The van der Waals surface area contributed by atoms with E-state index < -0.39 is 17.3 Å². The van der Waals surface area contributed by atoms with Gasteiger partial charge in [0.2, 0.25) is 0 Å². The molecule has 0 radical (unpaired) electrons. The molecule has 134 valence electrons. The van der Waals surface area contributed by atoms with E-state index in [0.717, 1.165) is 12.5 Å². The average molecular weight is 407 g/mol. The molecule has 0 spiro atoms. The molecule has 24 heavy (non-hydrogen) atoms. The van der Waals surface area contributed by atoms with Crippen molar-refractivity contribution in [3.05, 3.63) is 35.4 Å². The summed E-state index contributed by atoms with van der Waals surface area (Å²) in [7, 11) is 0. The van der Waals surface area contributed by atoms with Crippen molar-refractivity contribution in [2.75, 3.05) is 0 Å². The number of ether oxygens (including phenoxy) is 2. The first-order valence-corrected chi connectivity index (χ1v) is 9.11. The summed E-state index contributed by atoms with van der Waals surface area (Å²) in [5.41, 5.74) is -1.21. The van der Waals surface area contributed by atoms with Crippen LogP contribution in [0.2, 0.25) is 0 Å². The zero-order valence-corrected chi connectivity index (χ0v) is 15.6. The van der Waals surface area contributed by atoms with Crippen molar-refractivity contribution in [1.82, 2.24) is 0 Å². The zero-order chi connectivity index (χ0) is 17.8. The summed E-state index contributed by atoms with van der Waals surface area (Å²) in [6.45, 7) is 6.17. The van der Waals surface area contributed by atoms with Gasteiger partial charge in [0.05, 0.1) is 29.5 Å². The number of halogens is 4. The second-order valence-corrected chi connectivity index (χ2v) is 8.46. The molecular weight excluding hydrogens is 385 g/mol. The molecule has 4 atom stereocenters. The average Bonchev–Trinajstić information content (AvgIpc) is 2.92. The van der Waals surface area contributed by atoms with Gasteiger partial charge in [-0.3, -0.25) is 0 Å². The molecule has 0 aliphatic carbocycles. The van der Waals surface area contributed by atoms with Crippen molar-refractivity contribution in [3.63, 3.8) is 0 Å². The van der Waals surface area contributed by atoms with E-state index in [-0.39, 0.29) is 28.7 Å². The van der Waals surface area contributed by atoms with Crippen LogP contribution in [0.15, 0.2) is 24.3 Å². The van der Waals surface area contributed by atoms with E-state index in [2.05, 4.69) is 29.8 Å². The first-order valence-electron chi connectivity index (χ1n) is 8.19. The third-order valence-electron chi connectivity index (χ3n) is 5.46. The minimum absolute atomic E-state index is 0.0551. The van der Waals surface area contributed by atoms with Gasteiger partial charge in [-0.25, -0.2) is 0 Å². The SMILES string of the molecule is CC(C)[C@@]12C[C@H](OCc3ccccc3C(F)(F)F)[C@@](C)(C[C@H]1Br)O2. The van der Waals surface area contributed by atoms with Gasteiger partial charge in [-0.15, -0.1) is 0 Å². The van der Waals surface area contributed by atoms with Crippen LogP contribution in [0.25, 0.3) is 0 Å². The highest BCUT2D eigenvalue weighted by Crippen LogP contribution is 2.57. The van der Waals surface area contributed by atoms with E-state index in [0.29, 0.717) is 12.3 Å². The Morgan fingerprint density at radius 1 is 1.29 bits per heavy atom. The highest BCUT2D eigenvalue weighted by atomic mass is 79.9. The van der Waals surface area contributed by atoms with Gasteiger partial charge >= 0.3 is 6.18 Å². The standard InChI is InChI=1S/C18H22BrF3O2/c1-11(2)17-9-15(16(3,24-17)8-14(17)19)23-10-12-6-4-5-7-13(12)18(20,21)22/h4-7,11,14-15H,8-10H2,1-3H3/t14-,15+,16-,17+/m1/s1. The number of benzene rings is 1. The second kappa shape index (κ2) is 5.99. The van der Waals surface area contributed by atoms with Gasteiger partial charge in [0, 0.05) is 11.2 Å². The summed E-state index contributed by atoms with van der Waals surface area (Å²) in [4.78, 5) is 0.248. The van der Waals surface area contributed by atoms with Crippen molar-refractivity contribution in [2.45, 2.75) is 68.5 Å². The van der Waals surface area contributed by atoms with Gasteiger partial charge in [0.1, 0.15) is 0 Å². The van der Waals surface area contributed by atoms with E-state index in [9.17, 15) is 13.2 Å². The fraction of sp³-hybridized carbons (Fsp3) is 0.667. The Balaban J connectivity index is 1.76. The van der Waals surface area contributed by atoms with Crippen molar-refractivity contribution < 1.29 is 22.6 Å². The van der Waals surface area contributed by atoms with Gasteiger partial charge in [0.25, 0.3) is 0 Å². The maximum Gasteiger partial charge on any atom is 0.416 e. The normalized spacial score (nSPS) is 35.8. The third-order valence-corrected chi connectivity index (χ3v) is 6.56. The summed E-state index contributed by atoms with van der Waals surface area (Å²) in [5, 5.41) is 0. The van der Waals surface area contributed by atoms with Crippen LogP contribution in [-0.4, -0.2) is 22.1 Å².